The lowest BCUT2D eigenvalue weighted by Gasteiger charge is -2.25. The second kappa shape index (κ2) is 39.5. The van der Waals surface area contributed by atoms with Gasteiger partial charge < -0.3 is 43.3 Å². The number of nitrogens with zero attached hydrogens (tertiary/aromatic N) is 9. The van der Waals surface area contributed by atoms with Crippen molar-refractivity contribution in [2.24, 2.45) is 0 Å². The smallest absolute Gasteiger partial charge is 0.449 e. The van der Waals surface area contributed by atoms with E-state index in [4.69, 9.17) is 48.1 Å². The van der Waals surface area contributed by atoms with Crippen molar-refractivity contribution < 1.29 is 86.9 Å². The zero-order chi connectivity index (χ0) is 98.9. The number of benzene rings is 6. The van der Waals surface area contributed by atoms with E-state index in [1.165, 1.54) is 32.9 Å². The molecule has 18 nitrogen and oxygen atoms in total. The first-order chi connectivity index (χ1) is 63.8. The van der Waals surface area contributed by atoms with E-state index in [0.29, 0.717) is 70.9 Å². The fourth-order valence-corrected chi connectivity index (χ4v) is 15.7. The average molecular weight is 1920 g/mol. The number of aliphatic hydroxyl groups is 3. The number of carbonyl (C=O) groups is 3. The van der Waals surface area contributed by atoms with Crippen LogP contribution in [0.25, 0.3) is 66.5 Å². The Morgan fingerprint density at radius 1 is 0.360 bits per heavy atom. The van der Waals surface area contributed by atoms with E-state index in [1.54, 1.807) is 75.5 Å². The van der Waals surface area contributed by atoms with Crippen LogP contribution in [0.5, 0.6) is 0 Å². The topological polar surface area (TPSA) is 238 Å². The highest BCUT2D eigenvalue weighted by Gasteiger charge is 2.39. The van der Waals surface area contributed by atoms with Gasteiger partial charge in [0.25, 0.3) is 17.7 Å². The molecule has 6 aromatic carbocycles. The van der Waals surface area contributed by atoms with Gasteiger partial charge in [-0.25, -0.2) is 4.39 Å². The van der Waals surface area contributed by atoms with Crippen LogP contribution in [-0.4, -0.2) is 77.6 Å². The van der Waals surface area contributed by atoms with Gasteiger partial charge >= 0.3 is 18.5 Å². The van der Waals surface area contributed by atoms with Crippen LogP contribution in [0, 0.1) is 47.4 Å². The number of aromatic nitrogens is 6. The molecule has 0 atom stereocenters. The molecule has 0 bridgehead atoms. The molecule has 0 aliphatic heterocycles. The molecule has 0 radical (unpaired) electrons. The Bertz CT molecular complexity index is 6890. The first kappa shape index (κ1) is 99.5. The predicted molar refractivity (Wildman–Crippen MR) is 504 cm³/mol. The lowest BCUT2D eigenvalue weighted by molar-refractivity contribution is -0.154. The summed E-state index contributed by atoms with van der Waals surface area (Å²) in [6, 6.07) is 54.6. The number of amides is 3. The van der Waals surface area contributed by atoms with Crippen molar-refractivity contribution in [3.8, 4) is 33.4 Å². The fraction of sp³-hybridized carbons (Fsp3) is 0.229. The van der Waals surface area contributed by atoms with Crippen LogP contribution in [0.2, 0.25) is 15.1 Å². The van der Waals surface area contributed by atoms with Crippen molar-refractivity contribution in [2.45, 2.75) is 157 Å². The maximum Gasteiger partial charge on any atom is 0.449 e. The summed E-state index contributed by atoms with van der Waals surface area (Å²) in [6.45, 7) is 32.1. The number of furan rings is 3. The number of halogens is 13. The summed E-state index contributed by atoms with van der Waals surface area (Å²) in [5.41, 5.74) is 14.1. The van der Waals surface area contributed by atoms with Crippen molar-refractivity contribution in [2.75, 3.05) is 0 Å². The Labute approximate surface area is 792 Å². The fourth-order valence-electron chi connectivity index (χ4n) is 15.0. The molecule has 0 saturated carbocycles. The molecule has 15 aromatic rings. The van der Waals surface area contributed by atoms with Crippen molar-refractivity contribution in [3.63, 3.8) is 0 Å². The number of fused-ring (bicyclic) bond motifs is 3. The summed E-state index contributed by atoms with van der Waals surface area (Å²) in [6.07, 6.45) is -11.4. The minimum atomic E-state index is -4.70. The molecule has 9 heterocycles. The zero-order valence-electron chi connectivity index (χ0n) is 75.8. The molecule has 0 aliphatic carbocycles. The van der Waals surface area contributed by atoms with E-state index in [1.807, 2.05) is 165 Å². The van der Waals surface area contributed by atoms with Gasteiger partial charge in [0.2, 0.25) is 17.3 Å². The van der Waals surface area contributed by atoms with E-state index in [9.17, 15) is 73.6 Å². The quantitative estimate of drug-likeness (QED) is 0.0377. The van der Waals surface area contributed by atoms with Gasteiger partial charge in [-0.2, -0.15) is 39.5 Å². The number of hydrogen-bond acceptors (Lipinski definition) is 15. The Hall–Kier alpha value is -14.0. The Kier molecular flexibility index (Phi) is 28.9. The Morgan fingerprint density at radius 3 is 0.971 bits per heavy atom. The molecule has 0 saturated heterocycles. The average Bonchev–Trinajstić information content (AvgIpc) is 0.954. The molecular weight excluding hydrogens is 1830 g/mol. The van der Waals surface area contributed by atoms with Gasteiger partial charge in [0.1, 0.15) is 39.6 Å². The van der Waals surface area contributed by atoms with Gasteiger partial charge in [-0.15, -0.1) is 0 Å². The molecule has 31 heteroatoms. The number of carbonyl (C=O) groups excluding carboxylic acids is 3. The third kappa shape index (κ3) is 22.7. The molecular formula is C105H92Cl3F10N9O9. The van der Waals surface area contributed by atoms with E-state index in [2.05, 4.69) is 49.6 Å². The summed E-state index contributed by atoms with van der Waals surface area (Å²) >= 11 is 20.3. The Morgan fingerprint density at radius 2 is 0.662 bits per heavy atom. The van der Waals surface area contributed by atoms with Crippen LogP contribution in [0.15, 0.2) is 263 Å². The number of rotatable bonds is 24. The SMILES string of the molecule is C=C(O)C(C)(C)c1cccc(-c2ccc(CN(Cc3ccc(C(F)(F)F)o3)C(=O)c3cc(C)nc4cc(C)c(C)nc34)c(Cl)c2)c1.C=C(O)C(C)(C)c1cccc(-c2ccc(CN(Cc3ccc(C(F)(F)F)o3)C(=O)c3cc(C)nc4cc(C)cnc34)c(Cl)c2)c1.C=C(O)C(C)(C)c1cccc(-c2ccc(CN(Cc3ccc(C(F)(F)F)o3)C(=O)c3cc(C)nc4cc(F)cnc34)c(Cl)c2)c1. The molecule has 0 spiro atoms. The van der Waals surface area contributed by atoms with Gasteiger partial charge in [-0.3, -0.25) is 44.3 Å². The van der Waals surface area contributed by atoms with Crippen LogP contribution >= 0.6 is 34.8 Å². The van der Waals surface area contributed by atoms with Gasteiger partial charge in [-0.05, 0) is 246 Å². The van der Waals surface area contributed by atoms with Gasteiger partial charge in [-0.1, -0.05) is 164 Å². The molecule has 3 amide bonds. The molecule has 702 valence electrons. The van der Waals surface area contributed by atoms with Gasteiger partial charge in [0.05, 0.1) is 76.3 Å². The third-order valence-electron chi connectivity index (χ3n) is 23.6. The minimum Gasteiger partial charge on any atom is -0.512 e. The van der Waals surface area contributed by atoms with Crippen LogP contribution in [0.4, 0.5) is 43.9 Å². The van der Waals surface area contributed by atoms with Crippen LogP contribution in [0.3, 0.4) is 0 Å². The van der Waals surface area contributed by atoms with Crippen molar-refractivity contribution in [1.82, 2.24) is 44.6 Å². The van der Waals surface area contributed by atoms with E-state index >= 15 is 0 Å². The molecule has 0 aliphatic rings. The summed E-state index contributed by atoms with van der Waals surface area (Å²) in [5, 5.41) is 31.3. The monoisotopic (exact) mass is 1920 g/mol. The molecule has 3 N–H and O–H groups in total. The number of aliphatic hydroxyl groups excluding tert-OH is 3. The normalized spacial score (nSPS) is 12.0. The summed E-state index contributed by atoms with van der Waals surface area (Å²) in [7, 11) is 0. The number of allylic oxidation sites excluding steroid dienone is 3. The molecule has 136 heavy (non-hydrogen) atoms. The zero-order valence-corrected chi connectivity index (χ0v) is 78.1. The standard InChI is InChI=1S/C36H33ClF3N3O3.C35H31ClF3N3O3.C34H28ClF4N3O3/c1-20-14-31-33(42-22(20)3)29(15-21(2)41-31)34(45)43(19-28-12-13-32(46-28)36(38,39)40)18-26-11-10-25(17-30(26)37)24-8-7-9-27(16-24)35(5,6)23(4)44;1-20-13-30-32(40-17-20)28(14-21(2)41-30)33(44)42(19-27-11-12-31(45-27)35(37,38)39)18-25-10-9-24(16-29(25)36)23-7-6-8-26(15-23)34(4,5)22(3)43;1-19-12-27(31-29(41-19)15-25(36)16-40-31)32(44)42(18-26-10-11-30(45-26)34(37,38)39)17-23-9-8-22(14-28(23)35)21-6-5-7-24(13-21)33(3,4)20(2)43/h7-17,44H,4,18-19H2,1-3,5-6H3;6-17,43H,3,18-19H2,1-2,4-5H3;5-16,43H,2,17-18H2,1,3-4H3. The van der Waals surface area contributed by atoms with Crippen molar-refractivity contribution >= 4 is 85.6 Å². The number of pyridine rings is 6. The number of alkyl halides is 9. The van der Waals surface area contributed by atoms with Crippen LogP contribution in [-0.2, 0) is 74.0 Å². The largest absolute Gasteiger partial charge is 0.512 e. The second-order valence-corrected chi connectivity index (χ2v) is 36.0. The van der Waals surface area contributed by atoms with Crippen LogP contribution in [0.1, 0.15) is 174 Å². The summed E-state index contributed by atoms with van der Waals surface area (Å²) in [4.78, 5) is 72.9. The Balaban J connectivity index is 0.000000173. The maximum atomic E-state index is 14.2. The minimum absolute atomic E-state index is 0.0217. The number of aryl methyl sites for hydroxylation is 6. The highest BCUT2D eigenvalue weighted by molar-refractivity contribution is 6.32. The summed E-state index contributed by atoms with van der Waals surface area (Å²) < 4.78 is 149. The second-order valence-electron chi connectivity index (χ2n) is 34.7. The van der Waals surface area contributed by atoms with E-state index in [0.717, 1.165) is 103 Å². The molecule has 0 fully saturated rings. The third-order valence-corrected chi connectivity index (χ3v) is 24.6. The van der Waals surface area contributed by atoms with Gasteiger partial charge in [0, 0.05) is 86.0 Å². The molecule has 0 unspecified atom stereocenters. The number of hydrogen-bond donors (Lipinski definition) is 3. The van der Waals surface area contributed by atoms with E-state index < -0.39 is 75.6 Å². The summed E-state index contributed by atoms with van der Waals surface area (Å²) in [5.74, 6) is -5.69. The van der Waals surface area contributed by atoms with Crippen molar-refractivity contribution in [1.29, 1.82) is 0 Å². The molecule has 9 aromatic heterocycles. The molecule has 15 rings (SSSR count). The lowest BCUT2D eigenvalue weighted by Crippen LogP contribution is -2.30. The van der Waals surface area contributed by atoms with Crippen molar-refractivity contribution in [3.05, 3.63) is 389 Å². The highest BCUT2D eigenvalue weighted by atomic mass is 35.5. The predicted octanol–water partition coefficient (Wildman–Crippen LogP) is 28.3. The van der Waals surface area contributed by atoms with E-state index in [-0.39, 0.29) is 102 Å². The first-order valence-corrected chi connectivity index (χ1v) is 43.6. The van der Waals surface area contributed by atoms with Crippen LogP contribution < -0.4 is 0 Å². The highest BCUT2D eigenvalue weighted by Crippen LogP contribution is 2.42. The van der Waals surface area contributed by atoms with Gasteiger partial charge in [0.15, 0.2) is 0 Å². The maximum absolute atomic E-state index is 14.2. The first-order valence-electron chi connectivity index (χ1n) is 42.4. The lowest BCUT2D eigenvalue weighted by atomic mass is 9.82.